The first kappa shape index (κ1) is 25.1. The van der Waals surface area contributed by atoms with E-state index in [1.54, 1.807) is 0 Å². The molecule has 1 N–H and O–H groups in total. The number of rotatable bonds is 7. The number of benzene rings is 1. The highest BCUT2D eigenvalue weighted by Crippen LogP contribution is 2.47. The molecule has 1 amide bonds. The Kier molecular flexibility index (Phi) is 6.31. The molecule has 0 spiro atoms. The maximum atomic E-state index is 13.5. The van der Waals surface area contributed by atoms with Crippen LogP contribution in [-0.2, 0) is 29.9 Å². The van der Waals surface area contributed by atoms with Crippen LogP contribution >= 0.6 is 0 Å². The second-order valence-electron chi connectivity index (χ2n) is 10.7. The maximum Gasteiger partial charge on any atom is 0.416 e. The summed E-state index contributed by atoms with van der Waals surface area (Å²) in [6.45, 7) is 3.24. The number of amides is 1. The molecule has 2 aromatic rings. The minimum Gasteiger partial charge on any atom is -0.490 e. The summed E-state index contributed by atoms with van der Waals surface area (Å²) in [5, 5.41) is 10.4. The highest BCUT2D eigenvalue weighted by Gasteiger charge is 2.42. The highest BCUT2D eigenvalue weighted by molar-refractivity contribution is 5.97. The molecule has 3 aliphatic rings. The molecule has 1 atom stereocenters. The van der Waals surface area contributed by atoms with Gasteiger partial charge < -0.3 is 14.6 Å². The SMILES string of the molecule is Cn1c(C2(C)CC2)cc(=NC(=O)c2cc(C(F)(F)F)ccc2OCC2(O)CCC2)n1C[C@H]1CCCO1. The number of hydrogen-bond donors (Lipinski definition) is 1. The molecule has 36 heavy (non-hydrogen) atoms. The number of carbonyl (C=O) groups excluding carboxylic acids is 1. The molecule has 3 fully saturated rings. The van der Waals surface area contributed by atoms with Crippen molar-refractivity contribution >= 4 is 5.91 Å². The largest absolute Gasteiger partial charge is 0.490 e. The fourth-order valence-corrected chi connectivity index (χ4v) is 4.97. The van der Waals surface area contributed by atoms with Crippen molar-refractivity contribution in [3.05, 3.63) is 46.6 Å². The quantitative estimate of drug-likeness (QED) is 0.612. The first-order valence-corrected chi connectivity index (χ1v) is 12.5. The van der Waals surface area contributed by atoms with Crippen LogP contribution < -0.4 is 10.2 Å². The molecule has 2 saturated carbocycles. The van der Waals surface area contributed by atoms with Gasteiger partial charge in [-0.25, -0.2) is 0 Å². The van der Waals surface area contributed by atoms with Gasteiger partial charge in [0.1, 0.15) is 12.4 Å². The molecule has 1 aliphatic heterocycles. The standard InChI is InChI=1S/C26H32F3N3O4/c1-24(10-11-24)21-14-22(32(31(21)2)15-18-5-3-12-35-18)30-23(33)19-13-17(26(27,28)29)6-7-20(19)36-16-25(34)8-4-9-25/h6-7,13-14,18,34H,3-5,8-12,15-16H2,1-2H3/t18-/m1/s1. The van der Waals surface area contributed by atoms with Gasteiger partial charge >= 0.3 is 6.18 Å². The van der Waals surface area contributed by atoms with E-state index in [9.17, 15) is 23.1 Å². The fourth-order valence-electron chi connectivity index (χ4n) is 4.97. The number of halogens is 3. The first-order chi connectivity index (χ1) is 17.0. The van der Waals surface area contributed by atoms with Crippen molar-refractivity contribution < 1.29 is 32.5 Å². The van der Waals surface area contributed by atoms with E-state index >= 15 is 0 Å². The van der Waals surface area contributed by atoms with Crippen LogP contribution in [0, 0.1) is 0 Å². The fraction of sp³-hybridized carbons (Fsp3) is 0.615. The Morgan fingerprint density at radius 1 is 1.22 bits per heavy atom. The molecule has 1 aromatic carbocycles. The van der Waals surface area contributed by atoms with Crippen LogP contribution in [0.25, 0.3) is 0 Å². The Morgan fingerprint density at radius 2 is 1.97 bits per heavy atom. The second kappa shape index (κ2) is 9.06. The molecule has 2 heterocycles. The Bertz CT molecular complexity index is 1220. The molecule has 1 saturated heterocycles. The Labute approximate surface area is 207 Å². The molecule has 0 radical (unpaired) electrons. The van der Waals surface area contributed by atoms with Crippen LogP contribution in [0.1, 0.15) is 73.5 Å². The summed E-state index contributed by atoms with van der Waals surface area (Å²) in [4.78, 5) is 17.7. The Balaban J connectivity index is 1.53. The lowest BCUT2D eigenvalue weighted by atomic mass is 9.81. The van der Waals surface area contributed by atoms with E-state index in [2.05, 4.69) is 11.9 Å². The third-order valence-corrected chi connectivity index (χ3v) is 7.79. The molecule has 5 rings (SSSR count). The average molecular weight is 508 g/mol. The summed E-state index contributed by atoms with van der Waals surface area (Å²) < 4.78 is 55.7. The lowest BCUT2D eigenvalue weighted by molar-refractivity contribution is -0.137. The number of hydrogen-bond acceptors (Lipinski definition) is 4. The van der Waals surface area contributed by atoms with Gasteiger partial charge in [-0.05, 0) is 63.1 Å². The summed E-state index contributed by atoms with van der Waals surface area (Å²) >= 11 is 0. The van der Waals surface area contributed by atoms with Crippen LogP contribution in [0.3, 0.4) is 0 Å². The summed E-state index contributed by atoms with van der Waals surface area (Å²) in [6, 6.07) is 4.65. The van der Waals surface area contributed by atoms with Crippen LogP contribution in [0.15, 0.2) is 29.3 Å². The van der Waals surface area contributed by atoms with E-state index in [0.29, 0.717) is 31.5 Å². The summed E-state index contributed by atoms with van der Waals surface area (Å²) in [6.07, 6.45) is 1.22. The predicted octanol–water partition coefficient (Wildman–Crippen LogP) is 4.11. The lowest BCUT2D eigenvalue weighted by Gasteiger charge is -2.36. The van der Waals surface area contributed by atoms with E-state index < -0.39 is 23.2 Å². The van der Waals surface area contributed by atoms with E-state index in [1.165, 1.54) is 0 Å². The summed E-state index contributed by atoms with van der Waals surface area (Å²) in [7, 11) is 1.91. The van der Waals surface area contributed by atoms with Crippen molar-refractivity contribution in [2.24, 2.45) is 12.0 Å². The van der Waals surface area contributed by atoms with Crippen molar-refractivity contribution in [2.45, 2.75) is 81.7 Å². The van der Waals surface area contributed by atoms with Crippen molar-refractivity contribution in [1.29, 1.82) is 0 Å². The molecule has 7 nitrogen and oxygen atoms in total. The zero-order valence-electron chi connectivity index (χ0n) is 20.6. The van der Waals surface area contributed by atoms with Gasteiger partial charge in [0.25, 0.3) is 5.91 Å². The topological polar surface area (TPSA) is 78.0 Å². The third kappa shape index (κ3) is 4.98. The number of carbonyl (C=O) groups is 1. The zero-order chi connectivity index (χ0) is 25.7. The smallest absolute Gasteiger partial charge is 0.416 e. The average Bonchev–Trinajstić information content (AvgIpc) is 3.21. The molecule has 0 bridgehead atoms. The van der Waals surface area contributed by atoms with Crippen LogP contribution in [0.5, 0.6) is 5.75 Å². The Morgan fingerprint density at radius 3 is 2.56 bits per heavy atom. The van der Waals surface area contributed by atoms with Crippen molar-refractivity contribution in [3.8, 4) is 5.75 Å². The van der Waals surface area contributed by atoms with Gasteiger partial charge in [0.05, 0.1) is 29.4 Å². The maximum absolute atomic E-state index is 13.5. The van der Waals surface area contributed by atoms with Crippen LogP contribution in [-0.4, -0.2) is 45.3 Å². The van der Waals surface area contributed by atoms with Gasteiger partial charge in [-0.15, -0.1) is 0 Å². The predicted molar refractivity (Wildman–Crippen MR) is 125 cm³/mol. The second-order valence-corrected chi connectivity index (χ2v) is 10.7. The molecule has 0 unspecified atom stereocenters. The van der Waals surface area contributed by atoms with Gasteiger partial charge in [0.15, 0.2) is 5.49 Å². The van der Waals surface area contributed by atoms with Crippen molar-refractivity contribution in [1.82, 2.24) is 9.36 Å². The van der Waals surface area contributed by atoms with Crippen molar-refractivity contribution in [3.63, 3.8) is 0 Å². The zero-order valence-corrected chi connectivity index (χ0v) is 20.6. The van der Waals surface area contributed by atoms with Crippen molar-refractivity contribution in [2.75, 3.05) is 13.2 Å². The highest BCUT2D eigenvalue weighted by atomic mass is 19.4. The van der Waals surface area contributed by atoms with Gasteiger partial charge in [0.2, 0.25) is 0 Å². The number of alkyl halides is 3. The van der Waals surface area contributed by atoms with Gasteiger partial charge in [-0.2, -0.15) is 18.2 Å². The first-order valence-electron chi connectivity index (χ1n) is 12.5. The van der Waals surface area contributed by atoms with Gasteiger partial charge in [0, 0.05) is 30.8 Å². The number of nitrogens with zero attached hydrogens (tertiary/aromatic N) is 3. The molecular formula is C26H32F3N3O4. The van der Waals surface area contributed by atoms with E-state index in [1.807, 2.05) is 22.5 Å². The normalized spacial score (nSPS) is 22.9. The number of ether oxygens (including phenoxy) is 2. The van der Waals surface area contributed by atoms with E-state index in [-0.39, 0.29) is 29.4 Å². The molecule has 1 aromatic heterocycles. The minimum absolute atomic E-state index is 0.00740. The number of aromatic nitrogens is 2. The minimum atomic E-state index is -4.63. The summed E-state index contributed by atoms with van der Waals surface area (Å²) in [5.41, 5.74) is -0.853. The van der Waals surface area contributed by atoms with E-state index in [4.69, 9.17) is 9.47 Å². The molecular weight excluding hydrogens is 475 g/mol. The molecule has 196 valence electrons. The summed E-state index contributed by atoms with van der Waals surface area (Å²) in [5.74, 6) is -0.844. The molecule has 2 aliphatic carbocycles. The third-order valence-electron chi connectivity index (χ3n) is 7.79. The Hall–Kier alpha value is -2.59. The number of aliphatic hydroxyl groups is 1. The van der Waals surface area contributed by atoms with Gasteiger partial charge in [-0.1, -0.05) is 6.92 Å². The van der Waals surface area contributed by atoms with Crippen LogP contribution in [0.2, 0.25) is 0 Å². The lowest BCUT2D eigenvalue weighted by Crippen LogP contribution is -2.42. The monoisotopic (exact) mass is 507 g/mol. The van der Waals surface area contributed by atoms with Gasteiger partial charge in [-0.3, -0.25) is 14.2 Å². The van der Waals surface area contributed by atoms with Crippen LogP contribution in [0.4, 0.5) is 13.2 Å². The van der Waals surface area contributed by atoms with E-state index in [0.717, 1.165) is 56.0 Å². The molecule has 10 heteroatoms.